The van der Waals surface area contributed by atoms with E-state index in [4.69, 9.17) is 4.74 Å². The summed E-state index contributed by atoms with van der Waals surface area (Å²) in [6.07, 6.45) is 1.02. The van der Waals surface area contributed by atoms with E-state index in [9.17, 15) is 24.0 Å². The van der Waals surface area contributed by atoms with Gasteiger partial charge in [-0.3, -0.25) is 4.21 Å². The van der Waals surface area contributed by atoms with Crippen LogP contribution in [0.4, 0.5) is 4.79 Å². The molecule has 1 saturated carbocycles. The number of carbonyl (C=O) groups excluding carboxylic acids is 1. The van der Waals surface area contributed by atoms with Gasteiger partial charge in [0.05, 0.1) is 22.2 Å². The van der Waals surface area contributed by atoms with Crippen LogP contribution in [0.25, 0.3) is 0 Å². The number of benzene rings is 1. The maximum absolute atomic E-state index is 12.6. The molecule has 0 spiro atoms. The number of aliphatic hydroxyl groups excluding tert-OH is 1. The Morgan fingerprint density at radius 3 is 2.37 bits per heavy atom. The average Bonchev–Trinajstić information content (AvgIpc) is 2.98. The number of aliphatic carboxylic acids is 1. The highest BCUT2D eigenvalue weighted by Gasteiger charge is 2.31. The number of rotatable bonds is 6. The van der Waals surface area contributed by atoms with Crippen LogP contribution in [-0.4, -0.2) is 49.5 Å². The maximum atomic E-state index is 12.6. The van der Waals surface area contributed by atoms with Crippen LogP contribution in [0.5, 0.6) is 0 Å². The van der Waals surface area contributed by atoms with Crippen molar-refractivity contribution in [3.63, 3.8) is 0 Å². The highest BCUT2D eigenvalue weighted by atomic mass is 32.2. The number of carbonyl (C=O) groups is 2. The van der Waals surface area contributed by atoms with E-state index in [-0.39, 0.29) is 11.7 Å². The summed E-state index contributed by atoms with van der Waals surface area (Å²) in [5.74, 6) is -1.16. The SMILES string of the molecule is CC(C)(C)OC(=O)NC(Cc1ccc(S(=O)C2CCCC2O)cc1)C(=O)O. The standard InChI is InChI=1S/C19H27NO6S/c1-19(2,3)26-18(24)20-14(17(22)23)11-12-7-9-13(10-8-12)27(25)16-6-4-5-15(16)21/h7-10,14-16,21H,4-6,11H2,1-3H3,(H,20,24)(H,22,23). The van der Waals surface area contributed by atoms with E-state index in [0.29, 0.717) is 16.9 Å². The molecule has 150 valence electrons. The summed E-state index contributed by atoms with van der Waals surface area (Å²) in [6, 6.07) is 5.63. The van der Waals surface area contributed by atoms with Gasteiger partial charge in [0.25, 0.3) is 0 Å². The third-order valence-electron chi connectivity index (χ3n) is 4.28. The van der Waals surface area contributed by atoms with Gasteiger partial charge in [-0.15, -0.1) is 0 Å². The molecule has 4 unspecified atom stereocenters. The van der Waals surface area contributed by atoms with E-state index in [1.54, 1.807) is 45.0 Å². The van der Waals surface area contributed by atoms with Gasteiger partial charge >= 0.3 is 12.1 Å². The molecule has 0 heterocycles. The van der Waals surface area contributed by atoms with Gasteiger partial charge in [0.15, 0.2) is 0 Å². The Bertz CT molecular complexity index is 697. The Morgan fingerprint density at radius 1 is 1.26 bits per heavy atom. The predicted octanol–water partition coefficient (Wildman–Crippen LogP) is 2.23. The molecule has 1 amide bonds. The van der Waals surface area contributed by atoms with Gasteiger partial charge in [0, 0.05) is 11.3 Å². The van der Waals surface area contributed by atoms with Crippen molar-refractivity contribution < 1.29 is 28.7 Å². The number of alkyl carbamates (subject to hydrolysis) is 1. The van der Waals surface area contributed by atoms with E-state index in [2.05, 4.69) is 5.32 Å². The summed E-state index contributed by atoms with van der Waals surface area (Å²) in [6.45, 7) is 5.09. The van der Waals surface area contributed by atoms with Crippen LogP contribution in [0.3, 0.4) is 0 Å². The summed E-state index contributed by atoms with van der Waals surface area (Å²) in [7, 11) is -1.30. The molecule has 0 aliphatic heterocycles. The zero-order valence-electron chi connectivity index (χ0n) is 15.8. The number of nitrogens with one attached hydrogen (secondary N) is 1. The van der Waals surface area contributed by atoms with Crippen LogP contribution in [-0.2, 0) is 26.8 Å². The molecule has 1 aromatic carbocycles. The van der Waals surface area contributed by atoms with Crippen LogP contribution < -0.4 is 5.32 Å². The number of hydrogen-bond donors (Lipinski definition) is 3. The van der Waals surface area contributed by atoms with Crippen molar-refractivity contribution >= 4 is 22.9 Å². The molecule has 1 aliphatic carbocycles. The zero-order valence-corrected chi connectivity index (χ0v) is 16.6. The molecule has 0 radical (unpaired) electrons. The largest absolute Gasteiger partial charge is 0.480 e. The first-order chi connectivity index (χ1) is 12.6. The van der Waals surface area contributed by atoms with Crippen molar-refractivity contribution in [3.05, 3.63) is 29.8 Å². The second-order valence-electron chi connectivity index (χ2n) is 7.72. The zero-order chi connectivity index (χ0) is 20.2. The van der Waals surface area contributed by atoms with Crippen LogP contribution >= 0.6 is 0 Å². The monoisotopic (exact) mass is 397 g/mol. The molecule has 3 N–H and O–H groups in total. The van der Waals surface area contributed by atoms with Crippen LogP contribution in [0.2, 0.25) is 0 Å². The molecular weight excluding hydrogens is 370 g/mol. The third kappa shape index (κ3) is 6.32. The molecule has 8 heteroatoms. The average molecular weight is 397 g/mol. The minimum atomic E-state index is -1.30. The van der Waals surface area contributed by atoms with Crippen molar-refractivity contribution in [2.45, 2.75) is 74.3 Å². The summed E-state index contributed by atoms with van der Waals surface area (Å²) >= 11 is 0. The lowest BCUT2D eigenvalue weighted by Crippen LogP contribution is -2.44. The Balaban J connectivity index is 2.01. The summed E-state index contributed by atoms with van der Waals surface area (Å²) < 4.78 is 17.7. The molecule has 0 bridgehead atoms. The van der Waals surface area contributed by atoms with Crippen LogP contribution in [0.15, 0.2) is 29.2 Å². The summed E-state index contributed by atoms with van der Waals surface area (Å²) in [5.41, 5.74) is -0.0323. The maximum Gasteiger partial charge on any atom is 0.408 e. The van der Waals surface area contributed by atoms with Crippen LogP contribution in [0, 0.1) is 0 Å². The van der Waals surface area contributed by atoms with Gasteiger partial charge in [-0.05, 0) is 57.7 Å². The van der Waals surface area contributed by atoms with E-state index in [0.717, 1.165) is 12.8 Å². The molecule has 7 nitrogen and oxygen atoms in total. The number of ether oxygens (including phenoxy) is 1. The predicted molar refractivity (Wildman–Crippen MR) is 101 cm³/mol. The first kappa shape index (κ1) is 21.4. The first-order valence-electron chi connectivity index (χ1n) is 8.97. The Kier molecular flexibility index (Phi) is 7.00. The van der Waals surface area contributed by atoms with Crippen molar-refractivity contribution in [2.24, 2.45) is 0 Å². The first-order valence-corrected chi connectivity index (χ1v) is 10.2. The van der Waals surface area contributed by atoms with E-state index >= 15 is 0 Å². The molecule has 1 fully saturated rings. The number of carboxylic acid groups (broad SMARTS) is 1. The molecule has 1 aliphatic rings. The van der Waals surface area contributed by atoms with Gasteiger partial charge in [-0.25, -0.2) is 9.59 Å². The lowest BCUT2D eigenvalue weighted by atomic mass is 10.1. The van der Waals surface area contributed by atoms with E-state index in [1.807, 2.05) is 0 Å². The van der Waals surface area contributed by atoms with Gasteiger partial charge in [0.2, 0.25) is 0 Å². The number of hydrogen-bond acceptors (Lipinski definition) is 5. The Labute approximate surface area is 161 Å². The molecule has 4 atom stereocenters. The minimum absolute atomic E-state index is 0.0769. The molecule has 2 rings (SSSR count). The smallest absolute Gasteiger partial charge is 0.408 e. The van der Waals surface area contributed by atoms with Crippen molar-refractivity contribution in [1.82, 2.24) is 5.32 Å². The fourth-order valence-electron chi connectivity index (χ4n) is 2.98. The Morgan fingerprint density at radius 2 is 1.89 bits per heavy atom. The second-order valence-corrected chi connectivity index (χ2v) is 9.39. The molecular formula is C19H27NO6S. The Hall–Kier alpha value is -1.93. The van der Waals surface area contributed by atoms with Crippen molar-refractivity contribution in [3.8, 4) is 0 Å². The topological polar surface area (TPSA) is 113 Å². The molecule has 27 heavy (non-hydrogen) atoms. The van der Waals surface area contributed by atoms with Crippen LogP contribution in [0.1, 0.15) is 45.6 Å². The lowest BCUT2D eigenvalue weighted by Gasteiger charge is -2.22. The number of carboxylic acids is 1. The quantitative estimate of drug-likeness (QED) is 0.678. The molecule has 0 saturated heterocycles. The molecule has 1 aromatic rings. The van der Waals surface area contributed by atoms with Crippen molar-refractivity contribution in [2.75, 3.05) is 0 Å². The van der Waals surface area contributed by atoms with Gasteiger partial charge in [0.1, 0.15) is 11.6 Å². The fourth-order valence-corrected chi connectivity index (χ4v) is 4.53. The normalized spacial score (nSPS) is 22.1. The van der Waals surface area contributed by atoms with E-state index in [1.165, 1.54) is 0 Å². The van der Waals surface area contributed by atoms with E-state index < -0.39 is 40.6 Å². The van der Waals surface area contributed by atoms with Gasteiger partial charge < -0.3 is 20.3 Å². The van der Waals surface area contributed by atoms with Gasteiger partial charge in [-0.2, -0.15) is 0 Å². The van der Waals surface area contributed by atoms with Gasteiger partial charge in [-0.1, -0.05) is 12.1 Å². The summed E-state index contributed by atoms with van der Waals surface area (Å²) in [4.78, 5) is 23.9. The number of aliphatic hydroxyl groups is 1. The molecule has 0 aromatic heterocycles. The minimum Gasteiger partial charge on any atom is -0.480 e. The second kappa shape index (κ2) is 8.84. The fraction of sp³-hybridized carbons (Fsp3) is 0.579. The highest BCUT2D eigenvalue weighted by Crippen LogP contribution is 2.27. The number of amides is 1. The highest BCUT2D eigenvalue weighted by molar-refractivity contribution is 7.85. The third-order valence-corrected chi connectivity index (χ3v) is 6.11. The lowest BCUT2D eigenvalue weighted by molar-refractivity contribution is -0.139. The van der Waals surface area contributed by atoms with Crippen molar-refractivity contribution in [1.29, 1.82) is 0 Å². The summed E-state index contributed by atoms with van der Waals surface area (Å²) in [5, 5.41) is 21.4.